The number of rotatable bonds is 5. The Kier molecular flexibility index (Phi) is 5.84. The van der Waals surface area contributed by atoms with Crippen molar-refractivity contribution in [3.05, 3.63) is 57.6 Å². The zero-order valence-corrected chi connectivity index (χ0v) is 13.9. The van der Waals surface area contributed by atoms with Gasteiger partial charge in [0.25, 0.3) is 0 Å². The average molecular weight is 352 g/mol. The fourth-order valence-electron chi connectivity index (χ4n) is 1.89. The van der Waals surface area contributed by atoms with E-state index < -0.39 is 0 Å². The number of hydrogen-bond donors (Lipinski definition) is 2. The zero-order chi connectivity index (χ0) is 16.8. The molecular weight excluding hydrogens is 337 g/mol. The average Bonchev–Trinajstić information content (AvgIpc) is 2.49. The lowest BCUT2D eigenvalue weighted by Gasteiger charge is -2.06. The van der Waals surface area contributed by atoms with Gasteiger partial charge < -0.3 is 10.5 Å². The predicted octanol–water partition coefficient (Wildman–Crippen LogP) is 3.28. The molecule has 1 amide bonds. The lowest BCUT2D eigenvalue weighted by molar-refractivity contribution is -0.120. The van der Waals surface area contributed by atoms with Crippen molar-refractivity contribution in [3.8, 4) is 5.75 Å². The maximum Gasteiger partial charge on any atom is 0.244 e. The van der Waals surface area contributed by atoms with Crippen molar-refractivity contribution in [2.24, 2.45) is 5.10 Å². The molecule has 2 rings (SSSR count). The molecule has 0 radical (unpaired) electrons. The van der Waals surface area contributed by atoms with E-state index in [4.69, 9.17) is 33.7 Å². The Morgan fingerprint density at radius 1 is 1.26 bits per heavy atom. The minimum atomic E-state index is -0.239. The molecule has 23 heavy (non-hydrogen) atoms. The predicted molar refractivity (Wildman–Crippen MR) is 93.3 cm³/mol. The summed E-state index contributed by atoms with van der Waals surface area (Å²) >= 11 is 12.1. The summed E-state index contributed by atoms with van der Waals surface area (Å²) in [7, 11) is 1.48. The number of nitrogens with zero attached hydrogens (tertiary/aromatic N) is 1. The number of methoxy groups -OCH3 is 1. The number of hydrogen-bond acceptors (Lipinski definition) is 4. The van der Waals surface area contributed by atoms with E-state index in [-0.39, 0.29) is 12.3 Å². The van der Waals surface area contributed by atoms with Crippen molar-refractivity contribution in [2.75, 3.05) is 12.8 Å². The van der Waals surface area contributed by atoms with Crippen molar-refractivity contribution in [1.82, 2.24) is 5.43 Å². The molecular formula is C16H15Cl2N3O2. The highest BCUT2D eigenvalue weighted by Gasteiger charge is 2.07. The van der Waals surface area contributed by atoms with E-state index in [1.807, 2.05) is 0 Å². The summed E-state index contributed by atoms with van der Waals surface area (Å²) in [6.07, 6.45) is 1.67. The van der Waals surface area contributed by atoms with Gasteiger partial charge in [0, 0.05) is 5.69 Å². The Morgan fingerprint density at radius 3 is 2.43 bits per heavy atom. The first-order valence-corrected chi connectivity index (χ1v) is 7.44. The van der Waals surface area contributed by atoms with Crippen LogP contribution in [0.15, 0.2) is 41.5 Å². The van der Waals surface area contributed by atoms with Gasteiger partial charge in [-0.05, 0) is 35.4 Å². The fourth-order valence-corrected chi connectivity index (χ4v) is 2.55. The Bertz CT molecular complexity index is 708. The number of carbonyl (C=O) groups excluding carboxylic acids is 1. The topological polar surface area (TPSA) is 76.7 Å². The molecule has 0 unspecified atom stereocenters. The molecule has 0 bridgehead atoms. The molecule has 0 saturated heterocycles. The second kappa shape index (κ2) is 7.85. The SMILES string of the molecule is COc1c(Cl)cc(/C=N\NC(=O)Cc2ccc(N)cc2)cc1Cl. The minimum Gasteiger partial charge on any atom is -0.494 e. The standard InChI is InChI=1S/C16H15Cl2N3O2/c1-23-16-13(17)6-11(7-14(16)18)9-20-21-15(22)8-10-2-4-12(19)5-3-10/h2-7,9H,8,19H2,1H3,(H,21,22)/b20-9-. The van der Waals surface area contributed by atoms with Gasteiger partial charge in [-0.25, -0.2) is 5.43 Å². The highest BCUT2D eigenvalue weighted by molar-refractivity contribution is 6.37. The van der Waals surface area contributed by atoms with E-state index >= 15 is 0 Å². The summed E-state index contributed by atoms with van der Waals surface area (Å²) in [4.78, 5) is 11.8. The highest BCUT2D eigenvalue weighted by Crippen LogP contribution is 2.33. The van der Waals surface area contributed by atoms with E-state index in [1.54, 1.807) is 36.4 Å². The third kappa shape index (κ3) is 4.87. The molecule has 0 fully saturated rings. The normalized spacial score (nSPS) is 10.7. The number of benzene rings is 2. The summed E-state index contributed by atoms with van der Waals surface area (Å²) in [6, 6.07) is 10.4. The number of ether oxygens (including phenoxy) is 1. The van der Waals surface area contributed by atoms with Gasteiger partial charge in [0.05, 0.1) is 29.8 Å². The van der Waals surface area contributed by atoms with Crippen molar-refractivity contribution < 1.29 is 9.53 Å². The first-order valence-electron chi connectivity index (χ1n) is 6.69. The van der Waals surface area contributed by atoms with Gasteiger partial charge in [-0.2, -0.15) is 5.10 Å². The van der Waals surface area contributed by atoms with Gasteiger partial charge in [0.1, 0.15) is 0 Å². The van der Waals surface area contributed by atoms with Crippen LogP contribution in [0, 0.1) is 0 Å². The molecule has 0 aliphatic rings. The maximum atomic E-state index is 11.8. The Hall–Kier alpha value is -2.24. The molecule has 2 aromatic carbocycles. The Morgan fingerprint density at radius 2 is 1.87 bits per heavy atom. The van der Waals surface area contributed by atoms with Crippen LogP contribution in [-0.4, -0.2) is 19.2 Å². The molecule has 0 atom stereocenters. The Labute approximate surface area is 144 Å². The third-order valence-corrected chi connectivity index (χ3v) is 3.53. The third-order valence-electron chi connectivity index (χ3n) is 2.97. The second-order valence-electron chi connectivity index (χ2n) is 4.73. The van der Waals surface area contributed by atoms with E-state index in [0.717, 1.165) is 5.56 Å². The van der Waals surface area contributed by atoms with Gasteiger partial charge in [0.2, 0.25) is 5.91 Å². The summed E-state index contributed by atoms with van der Waals surface area (Å²) in [5.41, 5.74) is 10.2. The quantitative estimate of drug-likeness (QED) is 0.493. The number of nitrogens with one attached hydrogen (secondary N) is 1. The Balaban J connectivity index is 1.96. The molecule has 0 spiro atoms. The molecule has 2 aromatic rings. The maximum absolute atomic E-state index is 11.8. The van der Waals surface area contributed by atoms with Crippen LogP contribution >= 0.6 is 23.2 Å². The van der Waals surface area contributed by atoms with Crippen LogP contribution in [0.3, 0.4) is 0 Å². The van der Waals surface area contributed by atoms with E-state index in [2.05, 4.69) is 10.5 Å². The first kappa shape index (κ1) is 17.1. The number of halogens is 2. The van der Waals surface area contributed by atoms with Gasteiger partial charge in [-0.3, -0.25) is 4.79 Å². The van der Waals surface area contributed by atoms with E-state index in [9.17, 15) is 4.79 Å². The van der Waals surface area contributed by atoms with Gasteiger partial charge >= 0.3 is 0 Å². The van der Waals surface area contributed by atoms with Crippen molar-refractivity contribution in [3.63, 3.8) is 0 Å². The van der Waals surface area contributed by atoms with Crippen LogP contribution in [0.25, 0.3) is 0 Å². The van der Waals surface area contributed by atoms with Crippen molar-refractivity contribution >= 4 is 41.0 Å². The van der Waals surface area contributed by atoms with Crippen LogP contribution in [0.1, 0.15) is 11.1 Å². The molecule has 5 nitrogen and oxygen atoms in total. The summed E-state index contributed by atoms with van der Waals surface area (Å²) in [6.45, 7) is 0. The second-order valence-corrected chi connectivity index (χ2v) is 5.54. The first-order chi connectivity index (χ1) is 11.0. The van der Waals surface area contributed by atoms with E-state index in [1.165, 1.54) is 13.3 Å². The number of amides is 1. The number of nitrogen functional groups attached to an aromatic ring is 1. The summed E-state index contributed by atoms with van der Waals surface area (Å²) < 4.78 is 5.06. The van der Waals surface area contributed by atoms with E-state index in [0.29, 0.717) is 27.0 Å². The van der Waals surface area contributed by atoms with Crippen molar-refractivity contribution in [2.45, 2.75) is 6.42 Å². The minimum absolute atomic E-state index is 0.210. The van der Waals surface area contributed by atoms with Gasteiger partial charge in [-0.1, -0.05) is 35.3 Å². The molecule has 0 aliphatic carbocycles. The van der Waals surface area contributed by atoms with Gasteiger partial charge in [-0.15, -0.1) is 0 Å². The van der Waals surface area contributed by atoms with Crippen LogP contribution in [0.2, 0.25) is 10.0 Å². The molecule has 7 heteroatoms. The molecule has 0 heterocycles. The smallest absolute Gasteiger partial charge is 0.244 e. The van der Waals surface area contributed by atoms with Crippen molar-refractivity contribution in [1.29, 1.82) is 0 Å². The molecule has 0 aromatic heterocycles. The number of carbonyl (C=O) groups is 1. The monoisotopic (exact) mass is 351 g/mol. The van der Waals surface area contributed by atoms with Crippen LogP contribution in [0.5, 0.6) is 5.75 Å². The summed E-state index contributed by atoms with van der Waals surface area (Å²) in [5.74, 6) is 0.162. The fraction of sp³-hybridized carbons (Fsp3) is 0.125. The van der Waals surface area contributed by atoms with Crippen LogP contribution < -0.4 is 15.9 Å². The molecule has 3 N–H and O–H groups in total. The number of hydrazone groups is 1. The number of nitrogens with two attached hydrogens (primary N) is 1. The molecule has 120 valence electrons. The lowest BCUT2D eigenvalue weighted by atomic mass is 10.1. The van der Waals surface area contributed by atoms with Crippen LogP contribution in [-0.2, 0) is 11.2 Å². The number of anilines is 1. The van der Waals surface area contributed by atoms with Crippen LogP contribution in [0.4, 0.5) is 5.69 Å². The van der Waals surface area contributed by atoms with Gasteiger partial charge in [0.15, 0.2) is 5.75 Å². The molecule has 0 saturated carbocycles. The highest BCUT2D eigenvalue weighted by atomic mass is 35.5. The largest absolute Gasteiger partial charge is 0.494 e. The molecule has 0 aliphatic heterocycles. The summed E-state index contributed by atoms with van der Waals surface area (Å²) in [5, 5.41) is 4.63. The lowest BCUT2D eigenvalue weighted by Crippen LogP contribution is -2.19. The zero-order valence-electron chi connectivity index (χ0n) is 12.3.